The van der Waals surface area contributed by atoms with Gasteiger partial charge in [-0.3, -0.25) is 0 Å². The molecule has 0 saturated heterocycles. The van der Waals surface area contributed by atoms with Crippen LogP contribution in [0.2, 0.25) is 0 Å². The van der Waals surface area contributed by atoms with Crippen molar-refractivity contribution in [2.45, 2.75) is 21.5 Å². The van der Waals surface area contributed by atoms with Crippen molar-refractivity contribution < 1.29 is 0 Å². The van der Waals surface area contributed by atoms with Gasteiger partial charge in [-0.15, -0.1) is 11.8 Å². The fourth-order valence-corrected chi connectivity index (χ4v) is 11.5. The van der Waals surface area contributed by atoms with Crippen LogP contribution in [-0.4, -0.2) is 5.25 Å². The Morgan fingerprint density at radius 2 is 1.05 bits per heavy atom. The zero-order valence-corrected chi connectivity index (χ0v) is 30.9. The molecule has 1 aliphatic heterocycles. The highest BCUT2D eigenvalue weighted by Gasteiger charge is 2.52. The van der Waals surface area contributed by atoms with E-state index in [1.165, 1.54) is 88.2 Å². The molecule has 3 aliphatic carbocycles. The average Bonchev–Trinajstić information content (AvgIpc) is 3.88. The summed E-state index contributed by atoms with van der Waals surface area (Å²) in [6, 6.07) is 66.0. The molecular formula is C53H35NS. The lowest BCUT2D eigenvalue weighted by Crippen LogP contribution is -2.26. The largest absolute Gasteiger partial charge is 0.309 e. The van der Waals surface area contributed by atoms with Crippen molar-refractivity contribution in [1.29, 1.82) is 0 Å². The number of hydrogen-bond acceptors (Lipinski definition) is 2. The third-order valence-corrected chi connectivity index (χ3v) is 13.8. The molecule has 0 saturated carbocycles. The van der Waals surface area contributed by atoms with Crippen LogP contribution < -0.4 is 4.90 Å². The first-order chi connectivity index (χ1) is 27.3. The molecule has 0 amide bonds. The van der Waals surface area contributed by atoms with E-state index in [0.29, 0.717) is 11.2 Å². The summed E-state index contributed by atoms with van der Waals surface area (Å²) in [7, 11) is 0. The summed E-state index contributed by atoms with van der Waals surface area (Å²) in [5.74, 6) is 0.381. The van der Waals surface area contributed by atoms with Gasteiger partial charge in [0.05, 0.1) is 11.1 Å². The van der Waals surface area contributed by atoms with Gasteiger partial charge in [-0.05, 0) is 114 Å². The molecule has 8 aromatic carbocycles. The van der Waals surface area contributed by atoms with Crippen LogP contribution in [0.1, 0.15) is 33.7 Å². The molecule has 8 aromatic rings. The van der Waals surface area contributed by atoms with E-state index < -0.39 is 5.41 Å². The maximum atomic E-state index is 2.52. The summed E-state index contributed by atoms with van der Waals surface area (Å²) >= 11 is 2.00. The van der Waals surface area contributed by atoms with Gasteiger partial charge in [-0.25, -0.2) is 0 Å². The van der Waals surface area contributed by atoms with E-state index in [4.69, 9.17) is 0 Å². The van der Waals surface area contributed by atoms with Gasteiger partial charge in [0, 0.05) is 27.4 Å². The van der Waals surface area contributed by atoms with Crippen molar-refractivity contribution >= 4 is 39.6 Å². The number of thioether (sulfide) groups is 1. The first-order valence-electron chi connectivity index (χ1n) is 19.3. The molecule has 0 radical (unpaired) electrons. The Bertz CT molecular complexity index is 2920. The number of anilines is 3. The van der Waals surface area contributed by atoms with Crippen LogP contribution in [0.3, 0.4) is 0 Å². The summed E-state index contributed by atoms with van der Waals surface area (Å²) in [5, 5.41) is 2.96. The quantitative estimate of drug-likeness (QED) is 0.178. The Morgan fingerprint density at radius 3 is 1.85 bits per heavy atom. The second-order valence-electron chi connectivity index (χ2n) is 15.1. The Kier molecular flexibility index (Phi) is 6.67. The van der Waals surface area contributed by atoms with Crippen LogP contribution in [-0.2, 0) is 5.41 Å². The van der Waals surface area contributed by atoms with Crippen molar-refractivity contribution in [2.24, 2.45) is 0 Å². The van der Waals surface area contributed by atoms with Crippen molar-refractivity contribution in [2.75, 3.05) is 4.90 Å². The summed E-state index contributed by atoms with van der Waals surface area (Å²) < 4.78 is 0. The Hall–Kier alpha value is -6.35. The van der Waals surface area contributed by atoms with Gasteiger partial charge >= 0.3 is 0 Å². The van der Waals surface area contributed by atoms with Gasteiger partial charge in [0.1, 0.15) is 0 Å². The van der Waals surface area contributed by atoms with E-state index in [2.05, 4.69) is 205 Å². The van der Waals surface area contributed by atoms with Crippen molar-refractivity contribution in [3.8, 4) is 33.4 Å². The van der Waals surface area contributed by atoms with Crippen molar-refractivity contribution in [1.82, 2.24) is 0 Å². The van der Waals surface area contributed by atoms with E-state index >= 15 is 0 Å². The molecule has 258 valence electrons. The minimum absolute atomic E-state index is 0.381. The predicted molar refractivity (Wildman–Crippen MR) is 231 cm³/mol. The van der Waals surface area contributed by atoms with Crippen LogP contribution in [0.15, 0.2) is 205 Å². The van der Waals surface area contributed by atoms with E-state index in [1.807, 2.05) is 11.8 Å². The standard InChI is InChI=1S/C53H35NS/c1-2-13-34(14-3-1)35-25-27-38(28-26-35)54(50-23-12-20-44-43-19-8-11-24-51(43)55-52(44)50)39-29-30-42-40-17-6-9-21-46(40)53(49(42)33-39)47-22-10-7-18-41(47)45-31-36-15-4-5-16-37(36)32-48(45)53/h1-33,43,51H. The fourth-order valence-electron chi connectivity index (χ4n) is 10.0. The molecule has 0 fully saturated rings. The second kappa shape index (κ2) is 11.8. The summed E-state index contributed by atoms with van der Waals surface area (Å²) in [6.07, 6.45) is 9.16. The van der Waals surface area contributed by atoms with Gasteiger partial charge in [0.15, 0.2) is 0 Å². The summed E-state index contributed by atoms with van der Waals surface area (Å²) in [4.78, 5) is 3.88. The number of nitrogens with zero attached hydrogens (tertiary/aromatic N) is 1. The molecule has 55 heavy (non-hydrogen) atoms. The lowest BCUT2D eigenvalue weighted by molar-refractivity contribution is 0.795. The lowest BCUT2D eigenvalue weighted by Gasteiger charge is -2.33. The van der Waals surface area contributed by atoms with Gasteiger partial charge in [-0.2, -0.15) is 0 Å². The number of fused-ring (bicyclic) bond motifs is 14. The number of benzene rings is 8. The first-order valence-corrected chi connectivity index (χ1v) is 20.1. The number of hydrogen-bond donors (Lipinski definition) is 0. The zero-order chi connectivity index (χ0) is 36.1. The van der Waals surface area contributed by atoms with Gasteiger partial charge in [-0.1, -0.05) is 158 Å². The normalized spacial score (nSPS) is 19.1. The molecule has 1 spiro atoms. The molecule has 0 aromatic heterocycles. The monoisotopic (exact) mass is 717 g/mol. The van der Waals surface area contributed by atoms with Gasteiger partial charge in [0.2, 0.25) is 0 Å². The first kappa shape index (κ1) is 31.0. The molecule has 0 bridgehead atoms. The van der Waals surface area contributed by atoms with Crippen molar-refractivity contribution in [3.05, 3.63) is 228 Å². The van der Waals surface area contributed by atoms with Crippen LogP contribution in [0, 0.1) is 0 Å². The van der Waals surface area contributed by atoms with Gasteiger partial charge < -0.3 is 4.90 Å². The number of allylic oxidation sites excluding steroid dienone is 3. The minimum Gasteiger partial charge on any atom is -0.309 e. The van der Waals surface area contributed by atoms with Gasteiger partial charge in [0.25, 0.3) is 0 Å². The molecule has 0 N–H and O–H groups in total. The Morgan fingerprint density at radius 1 is 0.436 bits per heavy atom. The average molecular weight is 718 g/mol. The highest BCUT2D eigenvalue weighted by Crippen LogP contribution is 2.64. The smallest absolute Gasteiger partial charge is 0.0726 e. The molecule has 2 heteroatoms. The van der Waals surface area contributed by atoms with E-state index in [0.717, 1.165) is 5.69 Å². The predicted octanol–water partition coefficient (Wildman–Crippen LogP) is 14.0. The minimum atomic E-state index is -0.446. The van der Waals surface area contributed by atoms with E-state index in [-0.39, 0.29) is 0 Å². The molecule has 3 unspecified atom stereocenters. The van der Waals surface area contributed by atoms with E-state index in [9.17, 15) is 0 Å². The zero-order valence-electron chi connectivity index (χ0n) is 30.1. The molecule has 3 atom stereocenters. The highest BCUT2D eigenvalue weighted by molar-refractivity contribution is 8.00. The fraction of sp³-hybridized carbons (Fsp3) is 0.0566. The maximum absolute atomic E-state index is 2.52. The summed E-state index contributed by atoms with van der Waals surface area (Å²) in [6.45, 7) is 0. The van der Waals surface area contributed by atoms with Crippen LogP contribution >= 0.6 is 11.8 Å². The second-order valence-corrected chi connectivity index (χ2v) is 16.3. The molecule has 4 aliphatic rings. The molecular weight excluding hydrogens is 683 g/mol. The molecule has 1 heterocycles. The van der Waals surface area contributed by atoms with Crippen LogP contribution in [0.5, 0.6) is 0 Å². The van der Waals surface area contributed by atoms with Crippen LogP contribution in [0.4, 0.5) is 17.1 Å². The third kappa shape index (κ3) is 4.38. The lowest BCUT2D eigenvalue weighted by atomic mass is 9.70. The number of rotatable bonds is 4. The molecule has 1 nitrogen and oxygen atoms in total. The van der Waals surface area contributed by atoms with E-state index in [1.54, 1.807) is 0 Å². The Labute approximate surface area is 325 Å². The third-order valence-electron chi connectivity index (χ3n) is 12.4. The maximum Gasteiger partial charge on any atom is 0.0726 e. The van der Waals surface area contributed by atoms with Crippen molar-refractivity contribution in [3.63, 3.8) is 0 Å². The van der Waals surface area contributed by atoms with Crippen LogP contribution in [0.25, 0.3) is 44.2 Å². The highest BCUT2D eigenvalue weighted by atomic mass is 32.2. The summed E-state index contributed by atoms with van der Waals surface area (Å²) in [5.41, 5.74) is 17.7. The Balaban J connectivity index is 1.12. The SMILES string of the molecule is C1=CC2Sc3c(cccc3N(c3ccc(-c4ccccc4)cc3)c3ccc4c(c3)C3(c5ccccc5-4)c4ccccc4-c4cc5ccccc5cc43)C2C=C1. The molecule has 12 rings (SSSR count). The topological polar surface area (TPSA) is 3.24 Å².